The van der Waals surface area contributed by atoms with E-state index in [1.54, 1.807) is 0 Å². The zero-order valence-electron chi connectivity index (χ0n) is 50.9. The third kappa shape index (κ3) is 62.7. The Morgan fingerprint density at radius 2 is 0.500 bits per heavy atom. The first-order valence-electron chi connectivity index (χ1n) is 32.5. The fraction of sp³-hybridized carbons (Fsp3) is 0.681. The zero-order valence-corrected chi connectivity index (χ0v) is 50.9. The molecule has 0 amide bonds. The number of ether oxygens (including phenoxy) is 3. The first-order chi connectivity index (χ1) is 38.5. The van der Waals surface area contributed by atoms with Crippen LogP contribution in [-0.2, 0) is 28.6 Å². The molecule has 78 heavy (non-hydrogen) atoms. The number of carbonyl (C=O) groups excluding carboxylic acids is 3. The molecule has 0 radical (unpaired) electrons. The highest BCUT2D eigenvalue weighted by atomic mass is 16.6. The number of hydrogen-bond donors (Lipinski definition) is 0. The van der Waals surface area contributed by atoms with Crippen LogP contribution in [0, 0.1) is 0 Å². The van der Waals surface area contributed by atoms with E-state index in [1.165, 1.54) is 103 Å². The van der Waals surface area contributed by atoms with Crippen LogP contribution in [0.5, 0.6) is 0 Å². The van der Waals surface area contributed by atoms with E-state index < -0.39 is 6.10 Å². The van der Waals surface area contributed by atoms with Crippen molar-refractivity contribution in [3.63, 3.8) is 0 Å². The SMILES string of the molecule is CC/C=C\C/C=C\C/C=C\C/C=C\C/C=C\CCCCCCCCCCCCCCCCCC(=O)OCC(COC(=O)CCCCCCC/C=C\C/C=C\CCCC)OC(=O)CCCCCCC/C=C\C/C=C\C/C=C\CC. The summed E-state index contributed by atoms with van der Waals surface area (Å²) in [7, 11) is 0. The van der Waals surface area contributed by atoms with Crippen molar-refractivity contribution in [3.8, 4) is 0 Å². The van der Waals surface area contributed by atoms with E-state index in [2.05, 4.69) is 142 Å². The quantitative estimate of drug-likeness (QED) is 0.0261. The third-order valence-electron chi connectivity index (χ3n) is 13.7. The molecule has 0 aromatic rings. The van der Waals surface area contributed by atoms with Gasteiger partial charge in [-0.15, -0.1) is 0 Å². The Bertz CT molecular complexity index is 1620. The molecule has 0 fully saturated rings. The minimum atomic E-state index is -0.795. The van der Waals surface area contributed by atoms with Crippen LogP contribution in [-0.4, -0.2) is 37.2 Å². The molecule has 0 spiro atoms. The molecule has 0 aliphatic carbocycles. The average Bonchev–Trinajstić information content (AvgIpc) is 3.44. The van der Waals surface area contributed by atoms with Crippen molar-refractivity contribution >= 4 is 17.9 Å². The van der Waals surface area contributed by atoms with Gasteiger partial charge in [0.25, 0.3) is 0 Å². The number of unbranched alkanes of at least 4 members (excludes halogenated alkanes) is 27. The maximum Gasteiger partial charge on any atom is 0.306 e. The van der Waals surface area contributed by atoms with Gasteiger partial charge >= 0.3 is 17.9 Å². The van der Waals surface area contributed by atoms with E-state index in [0.29, 0.717) is 19.3 Å². The predicted octanol–water partition coefficient (Wildman–Crippen LogP) is 22.4. The van der Waals surface area contributed by atoms with Gasteiger partial charge in [0.05, 0.1) is 0 Å². The second kappa shape index (κ2) is 65.3. The fourth-order valence-electron chi connectivity index (χ4n) is 8.85. The molecule has 0 saturated carbocycles. The Balaban J connectivity index is 4.24. The van der Waals surface area contributed by atoms with Gasteiger partial charge in [0, 0.05) is 19.3 Å². The topological polar surface area (TPSA) is 78.9 Å². The Labute approximate surface area is 482 Å². The summed E-state index contributed by atoms with van der Waals surface area (Å²) in [5, 5.41) is 0. The monoisotopic (exact) mass is 1080 g/mol. The molecular formula is C72H120O6. The molecule has 1 atom stereocenters. The Kier molecular flexibility index (Phi) is 61.8. The van der Waals surface area contributed by atoms with Crippen LogP contribution in [0.1, 0.15) is 297 Å². The van der Waals surface area contributed by atoms with Crippen LogP contribution in [0.2, 0.25) is 0 Å². The van der Waals surface area contributed by atoms with Gasteiger partial charge in [0.15, 0.2) is 6.10 Å². The van der Waals surface area contributed by atoms with E-state index in [9.17, 15) is 14.4 Å². The highest BCUT2D eigenvalue weighted by Crippen LogP contribution is 2.16. The van der Waals surface area contributed by atoms with Gasteiger partial charge in [-0.25, -0.2) is 0 Å². The molecule has 6 nitrogen and oxygen atoms in total. The molecule has 0 aliphatic heterocycles. The van der Waals surface area contributed by atoms with Gasteiger partial charge < -0.3 is 14.2 Å². The van der Waals surface area contributed by atoms with E-state index >= 15 is 0 Å². The van der Waals surface area contributed by atoms with Crippen LogP contribution in [0.15, 0.2) is 122 Å². The lowest BCUT2D eigenvalue weighted by atomic mass is 10.0. The van der Waals surface area contributed by atoms with E-state index in [-0.39, 0.29) is 31.1 Å². The van der Waals surface area contributed by atoms with E-state index in [0.717, 1.165) is 154 Å². The Hall–Kier alpha value is -4.19. The van der Waals surface area contributed by atoms with Crippen LogP contribution in [0.4, 0.5) is 0 Å². The molecule has 0 aliphatic rings. The maximum absolute atomic E-state index is 12.9. The molecule has 1 unspecified atom stereocenters. The van der Waals surface area contributed by atoms with Gasteiger partial charge in [-0.2, -0.15) is 0 Å². The molecule has 0 aromatic carbocycles. The summed E-state index contributed by atoms with van der Waals surface area (Å²) in [5.74, 6) is -0.917. The van der Waals surface area contributed by atoms with Gasteiger partial charge in [-0.3, -0.25) is 14.4 Å². The smallest absolute Gasteiger partial charge is 0.306 e. The minimum absolute atomic E-state index is 0.0902. The lowest BCUT2D eigenvalue weighted by Gasteiger charge is -2.18. The van der Waals surface area contributed by atoms with Crippen molar-refractivity contribution in [1.82, 2.24) is 0 Å². The van der Waals surface area contributed by atoms with Gasteiger partial charge in [0.2, 0.25) is 0 Å². The summed E-state index contributed by atoms with van der Waals surface area (Å²) < 4.78 is 16.9. The van der Waals surface area contributed by atoms with Crippen molar-refractivity contribution in [1.29, 1.82) is 0 Å². The number of rotatable bonds is 58. The average molecular weight is 1080 g/mol. The molecular weight excluding hydrogens is 961 g/mol. The lowest BCUT2D eigenvalue weighted by Crippen LogP contribution is -2.30. The van der Waals surface area contributed by atoms with E-state index in [4.69, 9.17) is 14.2 Å². The first-order valence-corrected chi connectivity index (χ1v) is 32.5. The number of esters is 3. The van der Waals surface area contributed by atoms with Gasteiger partial charge in [-0.1, -0.05) is 277 Å². The number of allylic oxidation sites excluding steroid dienone is 20. The molecule has 0 aromatic heterocycles. The molecule has 0 heterocycles. The van der Waals surface area contributed by atoms with Crippen molar-refractivity contribution in [2.45, 2.75) is 303 Å². The van der Waals surface area contributed by atoms with Crippen LogP contribution in [0.25, 0.3) is 0 Å². The fourth-order valence-corrected chi connectivity index (χ4v) is 8.85. The van der Waals surface area contributed by atoms with Gasteiger partial charge in [-0.05, 0) is 122 Å². The maximum atomic E-state index is 12.9. The zero-order chi connectivity index (χ0) is 56.4. The molecule has 0 bridgehead atoms. The normalized spacial score (nSPS) is 12.9. The second-order valence-corrected chi connectivity index (χ2v) is 21.3. The Morgan fingerprint density at radius 3 is 0.782 bits per heavy atom. The highest BCUT2D eigenvalue weighted by molar-refractivity contribution is 5.71. The largest absolute Gasteiger partial charge is 0.462 e. The van der Waals surface area contributed by atoms with Crippen molar-refractivity contribution in [2.75, 3.05) is 13.2 Å². The lowest BCUT2D eigenvalue weighted by molar-refractivity contribution is -0.167. The Morgan fingerprint density at radius 1 is 0.269 bits per heavy atom. The van der Waals surface area contributed by atoms with Crippen LogP contribution in [0.3, 0.4) is 0 Å². The minimum Gasteiger partial charge on any atom is -0.462 e. The van der Waals surface area contributed by atoms with Crippen molar-refractivity contribution < 1.29 is 28.6 Å². The molecule has 0 saturated heterocycles. The van der Waals surface area contributed by atoms with E-state index in [1.807, 2.05) is 0 Å². The van der Waals surface area contributed by atoms with Crippen LogP contribution < -0.4 is 0 Å². The number of carbonyl (C=O) groups is 3. The van der Waals surface area contributed by atoms with Gasteiger partial charge in [0.1, 0.15) is 13.2 Å². The molecule has 6 heteroatoms. The third-order valence-corrected chi connectivity index (χ3v) is 13.7. The first kappa shape index (κ1) is 73.8. The molecule has 0 N–H and O–H groups in total. The van der Waals surface area contributed by atoms with Crippen molar-refractivity contribution in [3.05, 3.63) is 122 Å². The summed E-state index contributed by atoms with van der Waals surface area (Å²) >= 11 is 0. The summed E-state index contributed by atoms with van der Waals surface area (Å²) in [6, 6.07) is 0. The predicted molar refractivity (Wildman–Crippen MR) is 339 cm³/mol. The molecule has 444 valence electrons. The highest BCUT2D eigenvalue weighted by Gasteiger charge is 2.19. The summed E-state index contributed by atoms with van der Waals surface area (Å²) in [6.45, 7) is 6.36. The summed E-state index contributed by atoms with van der Waals surface area (Å²) in [6.07, 6.45) is 90.7. The van der Waals surface area contributed by atoms with Crippen LogP contribution >= 0.6 is 0 Å². The summed E-state index contributed by atoms with van der Waals surface area (Å²) in [4.78, 5) is 38.3. The van der Waals surface area contributed by atoms with Crippen molar-refractivity contribution in [2.24, 2.45) is 0 Å². The molecule has 0 rings (SSSR count). The number of hydrogen-bond acceptors (Lipinski definition) is 6. The second-order valence-electron chi connectivity index (χ2n) is 21.3. The standard InChI is InChI=1S/C72H120O6/c1-4-7-10-13-16-19-22-25-28-29-30-31-32-33-34-35-36-37-38-39-40-41-42-43-45-47-50-53-56-59-62-65-71(74)77-68-69(67-76-70(73)64-61-58-55-52-49-46-27-24-21-18-15-12-9-6-3)78-72(75)66-63-60-57-54-51-48-44-26-23-20-17-14-11-8-5-2/h7-8,10-11,15-20,24-28,30-31,33-34,44,69H,4-6,9,12-14,21-23,29,32,35-43,45-68H2,1-3H3/b10-7-,11-8-,18-15-,19-16-,20-17-,27-24-,28-25-,31-30-,34-33-,44-26-. The summed E-state index contributed by atoms with van der Waals surface area (Å²) in [5.41, 5.74) is 0.